The van der Waals surface area contributed by atoms with Crippen molar-refractivity contribution in [3.63, 3.8) is 0 Å². The van der Waals surface area contributed by atoms with Gasteiger partial charge in [-0.1, -0.05) is 23.7 Å². The van der Waals surface area contributed by atoms with E-state index in [2.05, 4.69) is 5.10 Å². The Hall–Kier alpha value is -1.52. The van der Waals surface area contributed by atoms with Crippen LogP contribution >= 0.6 is 11.6 Å². The van der Waals surface area contributed by atoms with Crippen molar-refractivity contribution < 1.29 is 9.84 Å². The molecule has 1 unspecified atom stereocenters. The van der Waals surface area contributed by atoms with Gasteiger partial charge in [-0.15, -0.1) is 0 Å². The molecule has 1 aromatic heterocycles. The lowest BCUT2D eigenvalue weighted by Crippen LogP contribution is -2.24. The Bertz CT molecular complexity index is 554. The van der Waals surface area contributed by atoms with Crippen LogP contribution in [0.1, 0.15) is 11.3 Å². The van der Waals surface area contributed by atoms with Crippen molar-refractivity contribution in [3.05, 3.63) is 46.7 Å². The Kier molecular flexibility index (Phi) is 4.45. The van der Waals surface area contributed by atoms with Crippen molar-refractivity contribution in [2.75, 3.05) is 6.61 Å². The van der Waals surface area contributed by atoms with Crippen LogP contribution in [-0.4, -0.2) is 27.6 Å². The van der Waals surface area contributed by atoms with Gasteiger partial charge in [-0.2, -0.15) is 5.10 Å². The summed E-state index contributed by atoms with van der Waals surface area (Å²) in [6.07, 6.45) is 0.945. The Labute approximate surface area is 117 Å². The molecule has 1 heterocycles. The summed E-state index contributed by atoms with van der Waals surface area (Å²) in [6, 6.07) is 7.73. The second kappa shape index (κ2) is 6.08. The molecular weight excluding hydrogens is 264 g/mol. The summed E-state index contributed by atoms with van der Waals surface area (Å²) in [6.45, 7) is 4.45. The lowest BCUT2D eigenvalue weighted by Gasteiger charge is -2.13. The van der Waals surface area contributed by atoms with E-state index in [1.165, 1.54) is 0 Å². The average Bonchev–Trinajstić information content (AvgIpc) is 2.69. The number of ether oxygens (including phenoxy) is 1. The minimum absolute atomic E-state index is 0.223. The molecule has 5 heteroatoms. The lowest BCUT2D eigenvalue weighted by atomic mass is 10.2. The third kappa shape index (κ3) is 3.72. The van der Waals surface area contributed by atoms with Crippen LogP contribution < -0.4 is 4.74 Å². The van der Waals surface area contributed by atoms with Gasteiger partial charge in [0.25, 0.3) is 0 Å². The van der Waals surface area contributed by atoms with Gasteiger partial charge in [-0.05, 0) is 31.5 Å². The molecule has 0 bridgehead atoms. The molecule has 102 valence electrons. The number of halogens is 1. The third-order valence-corrected chi connectivity index (χ3v) is 3.23. The van der Waals surface area contributed by atoms with Crippen molar-refractivity contribution in [1.29, 1.82) is 0 Å². The van der Waals surface area contributed by atoms with E-state index in [0.717, 1.165) is 17.0 Å². The third-order valence-electron chi connectivity index (χ3n) is 2.86. The normalized spacial score (nSPS) is 12.4. The van der Waals surface area contributed by atoms with Crippen molar-refractivity contribution in [2.45, 2.75) is 26.5 Å². The Morgan fingerprint density at radius 1 is 1.42 bits per heavy atom. The van der Waals surface area contributed by atoms with Gasteiger partial charge in [0.1, 0.15) is 18.5 Å². The summed E-state index contributed by atoms with van der Waals surface area (Å²) < 4.78 is 7.22. The zero-order valence-electron chi connectivity index (χ0n) is 11.0. The highest BCUT2D eigenvalue weighted by molar-refractivity contribution is 6.31. The van der Waals surface area contributed by atoms with Crippen LogP contribution in [0.25, 0.3) is 0 Å². The van der Waals surface area contributed by atoms with Crippen molar-refractivity contribution in [3.8, 4) is 5.75 Å². The molecule has 1 atom stereocenters. The van der Waals surface area contributed by atoms with Crippen LogP contribution in [0.5, 0.6) is 5.75 Å². The molecular formula is C14H17ClN2O2. The van der Waals surface area contributed by atoms with Gasteiger partial charge in [-0.3, -0.25) is 4.68 Å². The molecule has 1 N–H and O–H groups in total. The number of aliphatic hydroxyl groups is 1. The maximum absolute atomic E-state index is 9.94. The summed E-state index contributed by atoms with van der Waals surface area (Å²) in [4.78, 5) is 0. The lowest BCUT2D eigenvalue weighted by molar-refractivity contribution is 0.0887. The fourth-order valence-corrected chi connectivity index (χ4v) is 1.90. The Morgan fingerprint density at radius 2 is 2.21 bits per heavy atom. The fourth-order valence-electron chi connectivity index (χ4n) is 1.76. The van der Waals surface area contributed by atoms with Crippen LogP contribution in [0, 0.1) is 13.8 Å². The number of aromatic nitrogens is 2. The minimum atomic E-state index is -0.629. The highest BCUT2D eigenvalue weighted by atomic mass is 35.5. The van der Waals surface area contributed by atoms with E-state index in [9.17, 15) is 5.11 Å². The summed E-state index contributed by atoms with van der Waals surface area (Å²) in [5.41, 5.74) is 1.97. The molecule has 4 nitrogen and oxygen atoms in total. The van der Waals surface area contributed by atoms with E-state index in [4.69, 9.17) is 16.3 Å². The molecule has 0 spiro atoms. The zero-order chi connectivity index (χ0) is 13.8. The number of hydrogen-bond donors (Lipinski definition) is 1. The van der Waals surface area contributed by atoms with E-state index in [1.807, 2.05) is 38.1 Å². The molecule has 0 fully saturated rings. The molecule has 19 heavy (non-hydrogen) atoms. The van der Waals surface area contributed by atoms with E-state index < -0.39 is 6.10 Å². The SMILES string of the molecule is Cc1cccc(OCC(O)Cn2ncc(Cl)c2C)c1. The second-order valence-corrected chi connectivity index (χ2v) is 4.95. The molecule has 0 aliphatic rings. The van der Waals surface area contributed by atoms with Gasteiger partial charge in [-0.25, -0.2) is 0 Å². The molecule has 2 rings (SSSR count). The van der Waals surface area contributed by atoms with E-state index in [1.54, 1.807) is 10.9 Å². The topological polar surface area (TPSA) is 47.3 Å². The first-order valence-corrected chi connectivity index (χ1v) is 6.49. The first-order chi connectivity index (χ1) is 9.06. The van der Waals surface area contributed by atoms with Gasteiger partial charge < -0.3 is 9.84 Å². The maximum atomic E-state index is 9.94. The first-order valence-electron chi connectivity index (χ1n) is 6.11. The number of aliphatic hydroxyl groups excluding tert-OH is 1. The van der Waals surface area contributed by atoms with Gasteiger partial charge in [0, 0.05) is 0 Å². The number of hydrogen-bond acceptors (Lipinski definition) is 3. The maximum Gasteiger partial charge on any atom is 0.119 e. The number of nitrogens with zero attached hydrogens (tertiary/aromatic N) is 2. The van der Waals surface area contributed by atoms with Gasteiger partial charge in [0.15, 0.2) is 0 Å². The smallest absolute Gasteiger partial charge is 0.119 e. The second-order valence-electron chi connectivity index (χ2n) is 4.54. The number of aryl methyl sites for hydroxylation is 1. The van der Waals surface area contributed by atoms with Gasteiger partial charge in [0.2, 0.25) is 0 Å². The van der Waals surface area contributed by atoms with Crippen LogP contribution in [0.15, 0.2) is 30.5 Å². The Morgan fingerprint density at radius 3 is 2.84 bits per heavy atom. The summed E-state index contributed by atoms with van der Waals surface area (Å²) in [7, 11) is 0. The monoisotopic (exact) mass is 280 g/mol. The van der Waals surface area contributed by atoms with Crippen molar-refractivity contribution in [1.82, 2.24) is 9.78 Å². The molecule has 0 saturated heterocycles. The number of benzene rings is 1. The van der Waals surface area contributed by atoms with Crippen molar-refractivity contribution in [2.24, 2.45) is 0 Å². The molecule has 0 saturated carbocycles. The van der Waals surface area contributed by atoms with Crippen LogP contribution in [-0.2, 0) is 6.54 Å². The highest BCUT2D eigenvalue weighted by Crippen LogP contribution is 2.15. The quantitative estimate of drug-likeness (QED) is 0.916. The van der Waals surface area contributed by atoms with Gasteiger partial charge in [0.05, 0.1) is 23.5 Å². The zero-order valence-corrected chi connectivity index (χ0v) is 11.8. The predicted octanol–water partition coefficient (Wildman–Crippen LogP) is 2.59. The first kappa shape index (κ1) is 13.9. The van der Waals surface area contributed by atoms with E-state index in [0.29, 0.717) is 11.6 Å². The largest absolute Gasteiger partial charge is 0.491 e. The van der Waals surface area contributed by atoms with E-state index in [-0.39, 0.29) is 6.61 Å². The van der Waals surface area contributed by atoms with Gasteiger partial charge >= 0.3 is 0 Å². The molecule has 2 aromatic rings. The standard InChI is InChI=1S/C14H17ClN2O2/c1-10-4-3-5-13(6-10)19-9-12(18)8-17-11(2)14(15)7-16-17/h3-7,12,18H,8-9H2,1-2H3. The number of rotatable bonds is 5. The van der Waals surface area contributed by atoms with Crippen LogP contribution in [0.4, 0.5) is 0 Å². The summed E-state index contributed by atoms with van der Waals surface area (Å²) >= 11 is 5.91. The molecule has 0 aliphatic carbocycles. The van der Waals surface area contributed by atoms with Crippen LogP contribution in [0.3, 0.4) is 0 Å². The molecule has 0 radical (unpaired) electrons. The minimum Gasteiger partial charge on any atom is -0.491 e. The van der Waals surface area contributed by atoms with Crippen LogP contribution in [0.2, 0.25) is 5.02 Å². The van der Waals surface area contributed by atoms with E-state index >= 15 is 0 Å². The molecule has 0 aliphatic heterocycles. The van der Waals surface area contributed by atoms with Crippen molar-refractivity contribution >= 4 is 11.6 Å². The molecule has 0 amide bonds. The Balaban J connectivity index is 1.88. The predicted molar refractivity (Wildman–Crippen MR) is 74.7 cm³/mol. The molecule has 1 aromatic carbocycles. The fraction of sp³-hybridized carbons (Fsp3) is 0.357. The summed E-state index contributed by atoms with van der Waals surface area (Å²) in [5.74, 6) is 0.759. The summed E-state index contributed by atoms with van der Waals surface area (Å²) in [5, 5.41) is 14.6. The average molecular weight is 281 g/mol. The highest BCUT2D eigenvalue weighted by Gasteiger charge is 2.10.